The van der Waals surface area contributed by atoms with Gasteiger partial charge in [0, 0.05) is 5.38 Å². The number of aromatic nitrogens is 1. The molecule has 146 valence electrons. The van der Waals surface area contributed by atoms with Crippen molar-refractivity contribution in [1.29, 1.82) is 0 Å². The zero-order chi connectivity index (χ0) is 20.0. The number of ether oxygens (including phenoxy) is 2. The Bertz CT molecular complexity index is 816. The summed E-state index contributed by atoms with van der Waals surface area (Å²) in [5.41, 5.74) is -0.0441. The molecule has 0 saturated heterocycles. The molecule has 0 saturated carbocycles. The first-order chi connectivity index (χ1) is 12.8. The number of hydrogen-bond donors (Lipinski definition) is 2. The Morgan fingerprint density at radius 1 is 1.19 bits per heavy atom. The molecule has 0 unspecified atom stereocenters. The lowest BCUT2D eigenvalue weighted by atomic mass is 9.83. The molecule has 0 atom stereocenters. The molecule has 0 fully saturated rings. The summed E-state index contributed by atoms with van der Waals surface area (Å²) in [6.07, 6.45) is 0. The van der Waals surface area contributed by atoms with Crippen molar-refractivity contribution in [3.63, 3.8) is 0 Å². The van der Waals surface area contributed by atoms with Crippen LogP contribution in [-0.4, -0.2) is 35.2 Å². The molecule has 1 heterocycles. The van der Waals surface area contributed by atoms with E-state index in [-0.39, 0.29) is 18.1 Å². The number of carboxylic acid groups (broad SMARTS) is 1. The zero-order valence-corrected chi connectivity index (χ0v) is 16.7. The van der Waals surface area contributed by atoms with Gasteiger partial charge < -0.3 is 19.9 Å². The smallest absolute Gasteiger partial charge is 0.355 e. The highest BCUT2D eigenvalue weighted by molar-refractivity contribution is 7.09. The van der Waals surface area contributed by atoms with E-state index in [9.17, 15) is 9.59 Å². The molecule has 0 aliphatic heterocycles. The van der Waals surface area contributed by atoms with E-state index in [0.717, 1.165) is 5.56 Å². The van der Waals surface area contributed by atoms with Gasteiger partial charge in [-0.1, -0.05) is 6.07 Å². The van der Waals surface area contributed by atoms with Gasteiger partial charge in [-0.25, -0.2) is 9.78 Å². The van der Waals surface area contributed by atoms with Gasteiger partial charge in [-0.05, 0) is 45.4 Å². The molecular weight excluding hydrogens is 368 g/mol. The predicted molar refractivity (Wildman–Crippen MR) is 103 cm³/mol. The third-order valence-corrected chi connectivity index (χ3v) is 4.85. The lowest BCUT2D eigenvalue weighted by Crippen LogP contribution is -2.39. The Hall–Kier alpha value is -2.61. The first-order valence-electron chi connectivity index (χ1n) is 8.65. The first-order valence-corrected chi connectivity index (χ1v) is 9.53. The van der Waals surface area contributed by atoms with Gasteiger partial charge >= 0.3 is 5.97 Å². The molecule has 2 rings (SSSR count). The van der Waals surface area contributed by atoms with Crippen LogP contribution in [0.5, 0.6) is 11.5 Å². The van der Waals surface area contributed by atoms with Crippen LogP contribution in [0, 0.1) is 0 Å². The fourth-order valence-electron chi connectivity index (χ4n) is 2.44. The number of nitrogens with zero attached hydrogens (tertiary/aromatic N) is 1. The molecule has 27 heavy (non-hydrogen) atoms. The summed E-state index contributed by atoms with van der Waals surface area (Å²) in [5, 5.41) is 13.7. The molecule has 0 spiro atoms. The van der Waals surface area contributed by atoms with Gasteiger partial charge in [0.2, 0.25) is 5.91 Å². The maximum atomic E-state index is 12.7. The second-order valence-electron chi connectivity index (χ2n) is 6.27. The number of carbonyl (C=O) groups is 2. The van der Waals surface area contributed by atoms with Crippen molar-refractivity contribution in [1.82, 2.24) is 10.3 Å². The van der Waals surface area contributed by atoms with Gasteiger partial charge in [0.1, 0.15) is 5.01 Å². The van der Waals surface area contributed by atoms with E-state index in [1.54, 1.807) is 6.07 Å². The average molecular weight is 392 g/mol. The Morgan fingerprint density at radius 2 is 1.85 bits per heavy atom. The molecular formula is C19H24N2O5S. The third kappa shape index (κ3) is 4.97. The number of carboxylic acids is 1. The molecule has 0 aliphatic rings. The Morgan fingerprint density at radius 3 is 2.44 bits per heavy atom. The highest BCUT2D eigenvalue weighted by Crippen LogP contribution is 2.34. The second-order valence-corrected chi connectivity index (χ2v) is 7.21. The SMILES string of the molecule is CCOc1ccc(C(C)(C)C(=O)NCc2nc(C(=O)O)cs2)cc1OCC. The van der Waals surface area contributed by atoms with Gasteiger partial charge in [-0.15, -0.1) is 11.3 Å². The number of aromatic carboxylic acids is 1. The number of rotatable bonds is 9. The quantitative estimate of drug-likeness (QED) is 0.680. The van der Waals surface area contributed by atoms with Crippen LogP contribution >= 0.6 is 11.3 Å². The third-order valence-electron chi connectivity index (χ3n) is 4.00. The Labute approximate surface area is 162 Å². The number of hydrogen-bond acceptors (Lipinski definition) is 6. The molecule has 7 nitrogen and oxygen atoms in total. The maximum absolute atomic E-state index is 12.7. The fraction of sp³-hybridized carbons (Fsp3) is 0.421. The highest BCUT2D eigenvalue weighted by atomic mass is 32.1. The van der Waals surface area contributed by atoms with E-state index in [2.05, 4.69) is 10.3 Å². The second kappa shape index (κ2) is 8.85. The minimum absolute atomic E-state index is 0.0172. The van der Waals surface area contributed by atoms with Crippen LogP contribution in [-0.2, 0) is 16.8 Å². The van der Waals surface area contributed by atoms with Crippen molar-refractivity contribution in [2.45, 2.75) is 39.7 Å². The standard InChI is InChI=1S/C19H24N2O5S/c1-5-25-14-8-7-12(9-15(14)26-6-2)19(3,4)18(24)20-10-16-21-13(11-27-16)17(22)23/h7-9,11H,5-6,10H2,1-4H3,(H,20,24)(H,22,23). The van der Waals surface area contributed by atoms with E-state index in [0.29, 0.717) is 29.7 Å². The summed E-state index contributed by atoms with van der Waals surface area (Å²) in [6.45, 7) is 8.61. The monoisotopic (exact) mass is 392 g/mol. The van der Waals surface area contributed by atoms with E-state index >= 15 is 0 Å². The molecule has 1 aromatic heterocycles. The van der Waals surface area contributed by atoms with E-state index in [1.807, 2.05) is 39.8 Å². The molecule has 1 amide bonds. The van der Waals surface area contributed by atoms with Crippen molar-refractivity contribution >= 4 is 23.2 Å². The van der Waals surface area contributed by atoms with Crippen molar-refractivity contribution in [2.24, 2.45) is 0 Å². The highest BCUT2D eigenvalue weighted by Gasteiger charge is 2.31. The van der Waals surface area contributed by atoms with E-state index in [4.69, 9.17) is 14.6 Å². The summed E-state index contributed by atoms with van der Waals surface area (Å²) < 4.78 is 11.2. The lowest BCUT2D eigenvalue weighted by Gasteiger charge is -2.25. The molecule has 0 bridgehead atoms. The van der Waals surface area contributed by atoms with Crippen LogP contribution in [0.15, 0.2) is 23.6 Å². The Kier molecular flexibility index (Phi) is 6.79. The van der Waals surface area contributed by atoms with Crippen LogP contribution < -0.4 is 14.8 Å². The van der Waals surface area contributed by atoms with Crippen LogP contribution in [0.25, 0.3) is 0 Å². The van der Waals surface area contributed by atoms with E-state index in [1.165, 1.54) is 16.7 Å². The van der Waals surface area contributed by atoms with E-state index < -0.39 is 11.4 Å². The van der Waals surface area contributed by atoms with Crippen molar-refractivity contribution < 1.29 is 24.2 Å². The summed E-state index contributed by atoms with van der Waals surface area (Å²) in [5.74, 6) is -0.0322. The zero-order valence-electron chi connectivity index (χ0n) is 15.9. The normalized spacial score (nSPS) is 11.1. The van der Waals surface area contributed by atoms with Gasteiger partial charge in [0.15, 0.2) is 17.2 Å². The summed E-state index contributed by atoms with van der Waals surface area (Å²) in [4.78, 5) is 27.6. The van der Waals surface area contributed by atoms with Gasteiger partial charge in [0.05, 0.1) is 25.2 Å². The van der Waals surface area contributed by atoms with Crippen LogP contribution in [0.4, 0.5) is 0 Å². The number of amides is 1. The Balaban J connectivity index is 2.14. The topological polar surface area (TPSA) is 97.8 Å². The van der Waals surface area contributed by atoms with Crippen molar-refractivity contribution in [3.8, 4) is 11.5 Å². The minimum Gasteiger partial charge on any atom is -0.490 e. The maximum Gasteiger partial charge on any atom is 0.355 e. The molecule has 1 aromatic carbocycles. The molecule has 0 aliphatic carbocycles. The predicted octanol–water partition coefficient (Wildman–Crippen LogP) is 3.23. The van der Waals surface area contributed by atoms with Gasteiger partial charge in [-0.3, -0.25) is 4.79 Å². The lowest BCUT2D eigenvalue weighted by molar-refractivity contribution is -0.125. The van der Waals surface area contributed by atoms with Crippen molar-refractivity contribution in [3.05, 3.63) is 39.8 Å². The first kappa shape index (κ1) is 20.7. The number of carbonyl (C=O) groups excluding carboxylic acids is 1. The fourth-order valence-corrected chi connectivity index (χ4v) is 3.15. The van der Waals surface area contributed by atoms with Crippen molar-refractivity contribution in [2.75, 3.05) is 13.2 Å². The molecule has 2 N–H and O–H groups in total. The average Bonchev–Trinajstić information content (AvgIpc) is 3.10. The molecule has 0 radical (unpaired) electrons. The van der Waals surface area contributed by atoms with Gasteiger partial charge in [0.25, 0.3) is 0 Å². The largest absolute Gasteiger partial charge is 0.490 e. The number of thiazole rings is 1. The summed E-state index contributed by atoms with van der Waals surface area (Å²) in [7, 11) is 0. The minimum atomic E-state index is -1.08. The number of benzene rings is 1. The number of nitrogens with one attached hydrogen (secondary N) is 1. The van der Waals surface area contributed by atoms with Crippen LogP contribution in [0.2, 0.25) is 0 Å². The molecule has 8 heteroatoms. The molecule has 2 aromatic rings. The van der Waals surface area contributed by atoms with Crippen LogP contribution in [0.1, 0.15) is 48.8 Å². The summed E-state index contributed by atoms with van der Waals surface area (Å²) in [6, 6.07) is 5.47. The van der Waals surface area contributed by atoms with Gasteiger partial charge in [-0.2, -0.15) is 0 Å². The summed E-state index contributed by atoms with van der Waals surface area (Å²) >= 11 is 1.20. The van der Waals surface area contributed by atoms with Crippen LogP contribution in [0.3, 0.4) is 0 Å².